The predicted octanol–water partition coefficient (Wildman–Crippen LogP) is 0.974. The molecule has 0 fully saturated rings. The standard InChI is InChI=1S/C8H10O2S.H2O4S/c1-7(11(9)10)8-5-3-2-4-6-8;1-5(2,3)4/h2-7H,1H3,(H,9,10);(H2,1,2,3,4)/p-1. The van der Waals surface area contributed by atoms with E-state index in [0.717, 1.165) is 5.56 Å². The lowest BCUT2D eigenvalue weighted by Crippen LogP contribution is -2.00. The van der Waals surface area contributed by atoms with Gasteiger partial charge in [-0.25, -0.2) is 0 Å². The minimum atomic E-state index is -4.67. The van der Waals surface area contributed by atoms with Gasteiger partial charge < -0.3 is 4.55 Å². The van der Waals surface area contributed by atoms with Crippen molar-refractivity contribution >= 4 is 21.5 Å². The van der Waals surface area contributed by atoms with E-state index in [9.17, 15) is 8.76 Å². The van der Waals surface area contributed by atoms with Gasteiger partial charge in [0.1, 0.15) is 0 Å². The minimum Gasteiger partial charge on any atom is -0.772 e. The van der Waals surface area contributed by atoms with Crippen molar-refractivity contribution in [1.82, 2.24) is 0 Å². The van der Waals surface area contributed by atoms with Crippen LogP contribution in [0.3, 0.4) is 0 Å². The van der Waals surface area contributed by atoms with Crippen molar-refractivity contribution in [2.45, 2.75) is 12.2 Å². The molecule has 0 saturated carbocycles. The summed E-state index contributed by atoms with van der Waals surface area (Å²) in [6.07, 6.45) is 0. The Labute approximate surface area is 96.2 Å². The first-order valence-corrected chi connectivity index (χ1v) is 6.58. The maximum atomic E-state index is 10.5. The van der Waals surface area contributed by atoms with E-state index in [4.69, 9.17) is 17.5 Å². The molecule has 0 heterocycles. The van der Waals surface area contributed by atoms with E-state index in [1.807, 2.05) is 18.2 Å². The molecule has 1 rings (SSSR count). The average Bonchev–Trinajstić information content (AvgIpc) is 2.15. The second kappa shape index (κ2) is 6.71. The van der Waals surface area contributed by atoms with E-state index in [0.29, 0.717) is 0 Å². The van der Waals surface area contributed by atoms with E-state index in [-0.39, 0.29) is 0 Å². The first-order valence-electron chi connectivity index (χ1n) is 4.04. The summed E-state index contributed by atoms with van der Waals surface area (Å²) in [7, 11) is -4.67. The molecule has 92 valence electrons. The molecule has 0 spiro atoms. The van der Waals surface area contributed by atoms with Gasteiger partial charge in [-0.05, 0) is 23.6 Å². The molecule has 0 saturated heterocycles. The van der Waals surface area contributed by atoms with E-state index in [1.165, 1.54) is 0 Å². The Kier molecular flexibility index (Phi) is 6.38. The van der Waals surface area contributed by atoms with Gasteiger partial charge in [0.05, 0.1) is 0 Å². The van der Waals surface area contributed by atoms with Gasteiger partial charge in [-0.1, -0.05) is 30.3 Å². The second-order valence-corrected chi connectivity index (χ2v) is 4.88. The van der Waals surface area contributed by atoms with Crippen molar-refractivity contribution < 1.29 is 26.3 Å². The Morgan fingerprint density at radius 2 is 1.62 bits per heavy atom. The van der Waals surface area contributed by atoms with Gasteiger partial charge in [-0.2, -0.15) is 8.42 Å². The van der Waals surface area contributed by atoms with Gasteiger partial charge in [0, 0.05) is 5.25 Å². The molecular formula is C8H11O6S2-. The lowest BCUT2D eigenvalue weighted by Gasteiger charge is -2.14. The first kappa shape index (κ1) is 15.2. The molecule has 2 atom stereocenters. The zero-order valence-electron chi connectivity index (χ0n) is 8.31. The molecule has 1 aromatic rings. The molecule has 1 aromatic carbocycles. The molecule has 0 aromatic heterocycles. The molecule has 0 radical (unpaired) electrons. The molecular weight excluding hydrogens is 256 g/mol. The van der Waals surface area contributed by atoms with Crippen LogP contribution < -0.4 is 0 Å². The smallest absolute Gasteiger partial charge is 0.394 e. The van der Waals surface area contributed by atoms with E-state index in [1.54, 1.807) is 19.1 Å². The van der Waals surface area contributed by atoms with Crippen LogP contribution in [0, 0.1) is 0 Å². The van der Waals surface area contributed by atoms with Crippen molar-refractivity contribution in [2.24, 2.45) is 0 Å². The molecule has 8 heteroatoms. The molecule has 16 heavy (non-hydrogen) atoms. The van der Waals surface area contributed by atoms with Crippen LogP contribution in [0.1, 0.15) is 17.7 Å². The summed E-state index contributed by atoms with van der Waals surface area (Å²) in [6, 6.07) is 9.14. The largest absolute Gasteiger partial charge is 0.772 e. The summed E-state index contributed by atoms with van der Waals surface area (Å²) in [4.78, 5) is 0. The average molecular weight is 267 g/mol. The second-order valence-electron chi connectivity index (χ2n) is 2.76. The van der Waals surface area contributed by atoms with Crippen molar-refractivity contribution in [1.29, 1.82) is 0 Å². The van der Waals surface area contributed by atoms with Crippen LogP contribution in [0.2, 0.25) is 0 Å². The van der Waals surface area contributed by atoms with Crippen LogP contribution >= 0.6 is 0 Å². The third kappa shape index (κ3) is 8.50. The lowest BCUT2D eigenvalue weighted by molar-refractivity contribution is 0.381. The van der Waals surface area contributed by atoms with Crippen molar-refractivity contribution in [3.63, 3.8) is 0 Å². The van der Waals surface area contributed by atoms with Gasteiger partial charge in [-0.15, -0.1) is 0 Å². The molecule has 2 N–H and O–H groups in total. The molecule has 0 aliphatic carbocycles. The van der Waals surface area contributed by atoms with Crippen LogP contribution in [-0.2, 0) is 21.5 Å². The number of benzene rings is 1. The fourth-order valence-electron chi connectivity index (χ4n) is 0.835. The predicted molar refractivity (Wildman–Crippen MR) is 58.0 cm³/mol. The molecule has 0 amide bonds. The molecule has 6 nitrogen and oxygen atoms in total. The summed E-state index contributed by atoms with van der Waals surface area (Å²) < 4.78 is 52.6. The highest BCUT2D eigenvalue weighted by molar-refractivity contribution is 7.80. The highest BCUT2D eigenvalue weighted by Crippen LogP contribution is 2.16. The minimum absolute atomic E-state index is 0.406. The highest BCUT2D eigenvalue weighted by atomic mass is 32.3. The third-order valence-corrected chi connectivity index (χ3v) is 2.41. The molecule has 0 aliphatic heterocycles. The van der Waals surface area contributed by atoms with E-state index < -0.39 is 26.7 Å². The summed E-state index contributed by atoms with van der Waals surface area (Å²) in [5, 5.41) is -0.406. The monoisotopic (exact) mass is 267 g/mol. The van der Waals surface area contributed by atoms with Crippen LogP contribution in [0.15, 0.2) is 30.3 Å². The Bertz CT molecular complexity index is 419. The fourth-order valence-corrected chi connectivity index (χ4v) is 1.21. The molecule has 2 unspecified atom stereocenters. The lowest BCUT2D eigenvalue weighted by atomic mass is 10.2. The van der Waals surface area contributed by atoms with Gasteiger partial charge in [0.2, 0.25) is 0 Å². The van der Waals surface area contributed by atoms with Gasteiger partial charge >= 0.3 is 10.4 Å². The van der Waals surface area contributed by atoms with Crippen molar-refractivity contribution in [3.05, 3.63) is 35.9 Å². The SMILES string of the molecule is CC(c1ccccc1)S(=O)[O-].O=S(=O)(O)O. The van der Waals surface area contributed by atoms with E-state index >= 15 is 0 Å². The Morgan fingerprint density at radius 3 is 1.94 bits per heavy atom. The first-order chi connectivity index (χ1) is 7.22. The number of hydrogen-bond acceptors (Lipinski definition) is 4. The fraction of sp³-hybridized carbons (Fsp3) is 0.250. The Morgan fingerprint density at radius 1 is 1.25 bits per heavy atom. The van der Waals surface area contributed by atoms with Gasteiger partial charge in [-0.3, -0.25) is 13.3 Å². The van der Waals surface area contributed by atoms with Crippen LogP contribution in [0.25, 0.3) is 0 Å². The Balaban J connectivity index is 0.000000385. The third-order valence-electron chi connectivity index (χ3n) is 1.56. The number of hydrogen-bond donors (Lipinski definition) is 2. The Hall–Kier alpha value is -0.800. The number of rotatable bonds is 2. The van der Waals surface area contributed by atoms with Crippen LogP contribution in [0.4, 0.5) is 0 Å². The van der Waals surface area contributed by atoms with E-state index in [2.05, 4.69) is 0 Å². The summed E-state index contributed by atoms with van der Waals surface area (Å²) >= 11 is -2.01. The maximum Gasteiger partial charge on any atom is 0.394 e. The highest BCUT2D eigenvalue weighted by Gasteiger charge is 2.02. The van der Waals surface area contributed by atoms with Crippen LogP contribution in [-0.4, -0.2) is 26.3 Å². The van der Waals surface area contributed by atoms with Crippen molar-refractivity contribution in [3.8, 4) is 0 Å². The van der Waals surface area contributed by atoms with Gasteiger partial charge in [0.25, 0.3) is 0 Å². The quantitative estimate of drug-likeness (QED) is 0.609. The summed E-state index contributed by atoms with van der Waals surface area (Å²) in [6.45, 7) is 1.67. The molecule has 0 bridgehead atoms. The maximum absolute atomic E-state index is 10.5. The summed E-state index contributed by atoms with van der Waals surface area (Å²) in [5.41, 5.74) is 0.834. The zero-order valence-corrected chi connectivity index (χ0v) is 9.94. The zero-order chi connectivity index (χ0) is 12.8. The van der Waals surface area contributed by atoms with Crippen LogP contribution in [0.5, 0.6) is 0 Å². The van der Waals surface area contributed by atoms with Gasteiger partial charge in [0.15, 0.2) is 0 Å². The topological polar surface area (TPSA) is 115 Å². The molecule has 0 aliphatic rings. The summed E-state index contributed by atoms with van der Waals surface area (Å²) in [5.74, 6) is 0. The normalized spacial score (nSPS) is 14.5. The van der Waals surface area contributed by atoms with Crippen molar-refractivity contribution in [2.75, 3.05) is 0 Å².